The molecule has 0 amide bonds. The van der Waals surface area contributed by atoms with Gasteiger partial charge in [0.15, 0.2) is 0 Å². The molecule has 3 N–H and O–H groups in total. The Labute approximate surface area is 90.4 Å². The van der Waals surface area contributed by atoms with Gasteiger partial charge in [-0.3, -0.25) is 0 Å². The van der Waals surface area contributed by atoms with Crippen LogP contribution in [0.1, 0.15) is 25.7 Å². The van der Waals surface area contributed by atoms with Gasteiger partial charge in [0.05, 0.1) is 11.9 Å². The normalized spacial score (nSPS) is 36.5. The van der Waals surface area contributed by atoms with Crippen LogP contribution in [0.15, 0.2) is 0 Å². The van der Waals surface area contributed by atoms with Crippen LogP contribution in [0, 0.1) is 0 Å². The van der Waals surface area contributed by atoms with Crippen LogP contribution in [0.25, 0.3) is 0 Å². The van der Waals surface area contributed by atoms with Crippen LogP contribution in [0.3, 0.4) is 0 Å². The van der Waals surface area contributed by atoms with Crippen LogP contribution in [0.4, 0.5) is 0 Å². The van der Waals surface area contributed by atoms with Gasteiger partial charge in [-0.25, -0.2) is 13.1 Å². The van der Waals surface area contributed by atoms with E-state index in [2.05, 4.69) is 4.72 Å². The summed E-state index contributed by atoms with van der Waals surface area (Å²) in [6.45, 7) is 0.689. The van der Waals surface area contributed by atoms with Crippen LogP contribution in [-0.2, 0) is 14.8 Å². The highest BCUT2D eigenvalue weighted by atomic mass is 32.2. The molecule has 2 aliphatic rings. The van der Waals surface area contributed by atoms with E-state index in [1.165, 1.54) is 0 Å². The lowest BCUT2D eigenvalue weighted by Gasteiger charge is -2.32. The number of hydrogen-bond donors (Lipinski definition) is 2. The Morgan fingerprint density at radius 2 is 2.13 bits per heavy atom. The Balaban J connectivity index is 1.78. The number of sulfonamides is 1. The topological polar surface area (TPSA) is 81.4 Å². The molecule has 1 unspecified atom stereocenters. The summed E-state index contributed by atoms with van der Waals surface area (Å²) in [6.07, 6.45) is 3.21. The van der Waals surface area contributed by atoms with Crippen molar-refractivity contribution in [3.8, 4) is 0 Å². The highest BCUT2D eigenvalue weighted by Crippen LogP contribution is 2.19. The Kier molecular flexibility index (Phi) is 3.30. The smallest absolute Gasteiger partial charge is 0.214 e. The third-order valence-electron chi connectivity index (χ3n) is 2.95. The summed E-state index contributed by atoms with van der Waals surface area (Å²) >= 11 is 0. The van der Waals surface area contributed by atoms with E-state index >= 15 is 0 Å². The van der Waals surface area contributed by atoms with Gasteiger partial charge in [0, 0.05) is 18.7 Å². The maximum Gasteiger partial charge on any atom is 0.214 e. The van der Waals surface area contributed by atoms with Gasteiger partial charge in [-0.2, -0.15) is 0 Å². The third kappa shape index (κ3) is 3.14. The summed E-state index contributed by atoms with van der Waals surface area (Å²) in [4.78, 5) is 0. The zero-order valence-corrected chi connectivity index (χ0v) is 9.50. The molecule has 0 aromatic heterocycles. The van der Waals surface area contributed by atoms with Crippen molar-refractivity contribution in [2.75, 3.05) is 12.4 Å². The predicted molar refractivity (Wildman–Crippen MR) is 56.9 cm³/mol. The second-order valence-corrected chi connectivity index (χ2v) is 6.26. The molecule has 2 rings (SSSR count). The Morgan fingerprint density at radius 3 is 2.67 bits per heavy atom. The summed E-state index contributed by atoms with van der Waals surface area (Å²) in [5, 5.41) is 0. The number of nitrogens with two attached hydrogens (primary N) is 1. The average molecular weight is 234 g/mol. The van der Waals surface area contributed by atoms with E-state index in [1.807, 2.05) is 0 Å². The highest BCUT2D eigenvalue weighted by Gasteiger charge is 2.31. The van der Waals surface area contributed by atoms with E-state index in [9.17, 15) is 8.42 Å². The van der Waals surface area contributed by atoms with Gasteiger partial charge in [0.25, 0.3) is 0 Å². The maximum absolute atomic E-state index is 11.7. The van der Waals surface area contributed by atoms with Crippen LogP contribution >= 0.6 is 0 Å². The second-order valence-electron chi connectivity index (χ2n) is 4.46. The molecule has 1 aliphatic carbocycles. The standard InChI is InChI=1S/C9H18N2O3S/c10-7-4-8(5-7)11-15(12,13)6-9-2-1-3-14-9/h7-9,11H,1-6,10H2. The van der Waals surface area contributed by atoms with Crippen LogP contribution in [0.5, 0.6) is 0 Å². The molecule has 1 saturated heterocycles. The minimum Gasteiger partial charge on any atom is -0.377 e. The fraction of sp³-hybridized carbons (Fsp3) is 1.00. The van der Waals surface area contributed by atoms with Crippen molar-refractivity contribution < 1.29 is 13.2 Å². The van der Waals surface area contributed by atoms with Crippen molar-refractivity contribution in [2.24, 2.45) is 5.73 Å². The first-order chi connectivity index (χ1) is 7.05. The summed E-state index contributed by atoms with van der Waals surface area (Å²) < 4.78 is 31.3. The SMILES string of the molecule is NC1CC(NS(=O)(=O)CC2CCCO2)C1. The Morgan fingerprint density at radius 1 is 1.40 bits per heavy atom. The lowest BCUT2D eigenvalue weighted by molar-refractivity contribution is 0.127. The molecule has 1 saturated carbocycles. The summed E-state index contributed by atoms with van der Waals surface area (Å²) in [7, 11) is -3.18. The zero-order valence-electron chi connectivity index (χ0n) is 8.69. The molecule has 1 atom stereocenters. The van der Waals surface area contributed by atoms with E-state index in [1.54, 1.807) is 0 Å². The van der Waals surface area contributed by atoms with Gasteiger partial charge < -0.3 is 10.5 Å². The number of hydrogen-bond acceptors (Lipinski definition) is 4. The fourth-order valence-corrected chi connectivity index (χ4v) is 3.63. The molecule has 0 spiro atoms. The monoisotopic (exact) mass is 234 g/mol. The van der Waals surface area contributed by atoms with E-state index in [-0.39, 0.29) is 23.9 Å². The number of ether oxygens (including phenoxy) is 1. The lowest BCUT2D eigenvalue weighted by atomic mass is 9.89. The largest absolute Gasteiger partial charge is 0.377 e. The first kappa shape index (κ1) is 11.3. The summed E-state index contributed by atoms with van der Waals surface area (Å²) in [6, 6.07) is 0.215. The number of nitrogens with one attached hydrogen (secondary N) is 1. The summed E-state index contributed by atoms with van der Waals surface area (Å²) in [5.41, 5.74) is 5.59. The molecule has 15 heavy (non-hydrogen) atoms. The van der Waals surface area contributed by atoms with Crippen molar-refractivity contribution in [3.05, 3.63) is 0 Å². The lowest BCUT2D eigenvalue weighted by Crippen LogP contribution is -2.51. The molecule has 1 aliphatic heterocycles. The predicted octanol–water partition coefficient (Wildman–Crippen LogP) is -0.425. The van der Waals surface area contributed by atoms with E-state index < -0.39 is 10.0 Å². The average Bonchev–Trinajstić information content (AvgIpc) is 2.52. The molecule has 0 bridgehead atoms. The molecule has 88 valence electrons. The minimum absolute atomic E-state index is 0.0476. The molecule has 5 nitrogen and oxygen atoms in total. The van der Waals surface area contributed by atoms with E-state index in [0.29, 0.717) is 6.61 Å². The fourth-order valence-electron chi connectivity index (χ4n) is 2.08. The molecule has 1 heterocycles. The maximum atomic E-state index is 11.7. The van der Waals surface area contributed by atoms with Gasteiger partial charge in [-0.05, 0) is 25.7 Å². The van der Waals surface area contributed by atoms with Gasteiger partial charge in [0.1, 0.15) is 0 Å². The zero-order chi connectivity index (χ0) is 10.9. The molecule has 0 aromatic rings. The van der Waals surface area contributed by atoms with Crippen molar-refractivity contribution >= 4 is 10.0 Å². The second kappa shape index (κ2) is 4.37. The van der Waals surface area contributed by atoms with Crippen molar-refractivity contribution in [1.29, 1.82) is 0 Å². The molecule has 0 aromatic carbocycles. The molecule has 0 radical (unpaired) electrons. The van der Waals surface area contributed by atoms with Crippen molar-refractivity contribution in [3.63, 3.8) is 0 Å². The third-order valence-corrected chi connectivity index (χ3v) is 4.45. The van der Waals surface area contributed by atoms with Crippen LogP contribution < -0.4 is 10.5 Å². The van der Waals surface area contributed by atoms with Crippen LogP contribution in [0.2, 0.25) is 0 Å². The van der Waals surface area contributed by atoms with Crippen LogP contribution in [-0.4, -0.2) is 39.0 Å². The summed E-state index contributed by atoms with van der Waals surface area (Å²) in [5.74, 6) is 0.0960. The minimum atomic E-state index is -3.18. The van der Waals surface area contributed by atoms with Gasteiger partial charge in [-0.1, -0.05) is 0 Å². The van der Waals surface area contributed by atoms with Crippen molar-refractivity contribution in [2.45, 2.75) is 43.9 Å². The molecule has 6 heteroatoms. The van der Waals surface area contributed by atoms with Gasteiger partial charge >= 0.3 is 0 Å². The number of rotatable bonds is 4. The first-order valence-electron chi connectivity index (χ1n) is 5.42. The molecular formula is C9H18N2O3S. The Bertz CT molecular complexity index is 305. The highest BCUT2D eigenvalue weighted by molar-refractivity contribution is 7.89. The van der Waals surface area contributed by atoms with E-state index in [4.69, 9.17) is 10.5 Å². The first-order valence-corrected chi connectivity index (χ1v) is 7.07. The van der Waals surface area contributed by atoms with Gasteiger partial charge in [0.2, 0.25) is 10.0 Å². The molecule has 2 fully saturated rings. The quantitative estimate of drug-likeness (QED) is 0.692. The van der Waals surface area contributed by atoms with Crippen molar-refractivity contribution in [1.82, 2.24) is 4.72 Å². The van der Waals surface area contributed by atoms with Gasteiger partial charge in [-0.15, -0.1) is 0 Å². The molecular weight excluding hydrogens is 216 g/mol. The van der Waals surface area contributed by atoms with E-state index in [0.717, 1.165) is 25.7 Å². The Hall–Kier alpha value is -0.170.